The Morgan fingerprint density at radius 1 is 1.47 bits per heavy atom. The van der Waals surface area contributed by atoms with Crippen LogP contribution in [0.1, 0.15) is 18.1 Å². The van der Waals surface area contributed by atoms with E-state index in [0.29, 0.717) is 6.07 Å². The quantitative estimate of drug-likeness (QED) is 0.800. The van der Waals surface area contributed by atoms with Gasteiger partial charge in [-0.25, -0.2) is 8.78 Å². The molecule has 84 valence electrons. The first kappa shape index (κ1) is 11.9. The maximum absolute atomic E-state index is 13.4. The van der Waals surface area contributed by atoms with Gasteiger partial charge in [0, 0.05) is 12.1 Å². The van der Waals surface area contributed by atoms with Crippen LogP contribution in [0.15, 0.2) is 12.1 Å². The van der Waals surface area contributed by atoms with E-state index in [0.717, 1.165) is 6.07 Å². The molecule has 0 aliphatic heterocycles. The molecular weight excluding hydrogens is 204 g/mol. The standard InChI is InChI=1S/C10H13F2NO2/c1-15-9-5-6(11)4-7(12)10(9)8(14)2-3-13/h4-5,8,14H,2-3,13H2,1H3. The van der Waals surface area contributed by atoms with Gasteiger partial charge in [0.05, 0.1) is 18.8 Å². The first-order chi connectivity index (χ1) is 7.10. The molecule has 1 aromatic carbocycles. The molecule has 3 nitrogen and oxygen atoms in total. The number of rotatable bonds is 4. The monoisotopic (exact) mass is 217 g/mol. The highest BCUT2D eigenvalue weighted by Gasteiger charge is 2.19. The van der Waals surface area contributed by atoms with Gasteiger partial charge >= 0.3 is 0 Å². The summed E-state index contributed by atoms with van der Waals surface area (Å²) in [6.07, 6.45) is -0.885. The molecule has 3 N–H and O–H groups in total. The molecule has 0 spiro atoms. The van der Waals surface area contributed by atoms with E-state index < -0.39 is 17.7 Å². The number of halogens is 2. The molecule has 0 aliphatic carbocycles. The second-order valence-corrected chi connectivity index (χ2v) is 3.10. The summed E-state index contributed by atoms with van der Waals surface area (Å²) in [6, 6.07) is 1.73. The van der Waals surface area contributed by atoms with Crippen molar-refractivity contribution in [3.63, 3.8) is 0 Å². The lowest BCUT2D eigenvalue weighted by Crippen LogP contribution is -2.10. The Morgan fingerprint density at radius 2 is 2.13 bits per heavy atom. The topological polar surface area (TPSA) is 55.5 Å². The number of hydrogen-bond acceptors (Lipinski definition) is 3. The number of aliphatic hydroxyl groups excluding tert-OH is 1. The van der Waals surface area contributed by atoms with E-state index >= 15 is 0 Å². The Hall–Kier alpha value is -1.20. The maximum atomic E-state index is 13.4. The van der Waals surface area contributed by atoms with Crippen LogP contribution in [0.25, 0.3) is 0 Å². The molecule has 0 heterocycles. The maximum Gasteiger partial charge on any atom is 0.135 e. The Bertz CT molecular complexity index is 344. The average Bonchev–Trinajstić information content (AvgIpc) is 2.16. The van der Waals surface area contributed by atoms with Gasteiger partial charge in [-0.3, -0.25) is 0 Å². The highest BCUT2D eigenvalue weighted by molar-refractivity contribution is 5.37. The zero-order chi connectivity index (χ0) is 11.4. The summed E-state index contributed by atoms with van der Waals surface area (Å²) in [5.74, 6) is -1.57. The predicted octanol–water partition coefficient (Wildman–Crippen LogP) is 1.36. The van der Waals surface area contributed by atoms with Gasteiger partial charge in [-0.05, 0) is 13.0 Å². The number of hydrogen-bond donors (Lipinski definition) is 2. The summed E-state index contributed by atoms with van der Waals surface area (Å²) in [7, 11) is 1.28. The van der Waals surface area contributed by atoms with E-state index in [4.69, 9.17) is 10.5 Å². The lowest BCUT2D eigenvalue weighted by molar-refractivity contribution is 0.161. The molecule has 1 atom stereocenters. The molecule has 0 aromatic heterocycles. The minimum absolute atomic E-state index is 0.00606. The van der Waals surface area contributed by atoms with Crippen LogP contribution in [0, 0.1) is 11.6 Å². The summed E-state index contributed by atoms with van der Waals surface area (Å²) in [5, 5.41) is 9.58. The molecule has 0 saturated carbocycles. The van der Waals surface area contributed by atoms with Crippen molar-refractivity contribution in [2.24, 2.45) is 5.73 Å². The summed E-state index contributed by atoms with van der Waals surface area (Å²) < 4.78 is 31.0. The molecule has 5 heteroatoms. The van der Waals surface area contributed by atoms with Crippen molar-refractivity contribution in [3.05, 3.63) is 29.3 Å². The third kappa shape index (κ3) is 2.64. The van der Waals surface area contributed by atoms with E-state index in [-0.39, 0.29) is 24.3 Å². The van der Waals surface area contributed by atoms with Crippen LogP contribution in [-0.2, 0) is 0 Å². The molecule has 0 saturated heterocycles. The lowest BCUT2D eigenvalue weighted by atomic mass is 10.0. The first-order valence-electron chi connectivity index (χ1n) is 4.51. The van der Waals surface area contributed by atoms with Gasteiger partial charge in [-0.15, -0.1) is 0 Å². The summed E-state index contributed by atoms with van der Waals surface area (Å²) in [4.78, 5) is 0. The van der Waals surface area contributed by atoms with Crippen molar-refractivity contribution >= 4 is 0 Å². The predicted molar refractivity (Wildman–Crippen MR) is 51.5 cm³/mol. The Morgan fingerprint density at radius 3 is 2.67 bits per heavy atom. The number of nitrogens with two attached hydrogens (primary N) is 1. The van der Waals surface area contributed by atoms with Crippen molar-refractivity contribution < 1.29 is 18.6 Å². The van der Waals surface area contributed by atoms with Gasteiger partial charge in [0.1, 0.15) is 17.4 Å². The largest absolute Gasteiger partial charge is 0.496 e. The zero-order valence-corrected chi connectivity index (χ0v) is 8.34. The molecule has 0 fully saturated rings. The summed E-state index contributed by atoms with van der Waals surface area (Å²) in [5.41, 5.74) is 5.19. The first-order valence-corrected chi connectivity index (χ1v) is 4.51. The van der Waals surface area contributed by atoms with Crippen molar-refractivity contribution in [1.82, 2.24) is 0 Å². The second-order valence-electron chi connectivity index (χ2n) is 3.10. The summed E-state index contributed by atoms with van der Waals surface area (Å²) in [6.45, 7) is 0.209. The fourth-order valence-electron chi connectivity index (χ4n) is 1.36. The molecule has 0 amide bonds. The molecule has 1 unspecified atom stereocenters. The molecular formula is C10H13F2NO2. The van der Waals surface area contributed by atoms with Crippen LogP contribution in [0.5, 0.6) is 5.75 Å². The third-order valence-corrected chi connectivity index (χ3v) is 2.05. The summed E-state index contributed by atoms with van der Waals surface area (Å²) >= 11 is 0. The van der Waals surface area contributed by atoms with Crippen molar-refractivity contribution in [3.8, 4) is 5.75 Å². The Kier molecular flexibility index (Phi) is 3.99. The molecule has 1 aromatic rings. The molecule has 0 radical (unpaired) electrons. The molecule has 15 heavy (non-hydrogen) atoms. The third-order valence-electron chi connectivity index (χ3n) is 2.05. The van der Waals surface area contributed by atoms with Gasteiger partial charge in [0.25, 0.3) is 0 Å². The van der Waals surface area contributed by atoms with E-state index in [1.165, 1.54) is 7.11 Å². The normalized spacial score (nSPS) is 12.6. The Balaban J connectivity index is 3.14. The number of aliphatic hydroxyl groups is 1. The minimum atomic E-state index is -1.08. The van der Waals surface area contributed by atoms with Crippen molar-refractivity contribution in [1.29, 1.82) is 0 Å². The second kappa shape index (κ2) is 5.04. The van der Waals surface area contributed by atoms with Crippen LogP contribution in [0.4, 0.5) is 8.78 Å². The van der Waals surface area contributed by atoms with Gasteiger partial charge in [0.2, 0.25) is 0 Å². The van der Waals surface area contributed by atoms with Gasteiger partial charge in [-0.1, -0.05) is 0 Å². The van der Waals surface area contributed by atoms with E-state index in [1.54, 1.807) is 0 Å². The van der Waals surface area contributed by atoms with Crippen LogP contribution in [0.3, 0.4) is 0 Å². The number of benzene rings is 1. The van der Waals surface area contributed by atoms with E-state index in [1.807, 2.05) is 0 Å². The SMILES string of the molecule is COc1cc(F)cc(F)c1C(O)CCN. The average molecular weight is 217 g/mol. The minimum Gasteiger partial charge on any atom is -0.496 e. The van der Waals surface area contributed by atoms with Crippen molar-refractivity contribution in [2.45, 2.75) is 12.5 Å². The highest BCUT2D eigenvalue weighted by Crippen LogP contribution is 2.30. The van der Waals surface area contributed by atoms with Crippen LogP contribution < -0.4 is 10.5 Å². The molecule has 0 aliphatic rings. The van der Waals surface area contributed by atoms with Crippen LogP contribution >= 0.6 is 0 Å². The Labute approximate surface area is 86.5 Å². The van der Waals surface area contributed by atoms with Crippen LogP contribution in [-0.4, -0.2) is 18.8 Å². The van der Waals surface area contributed by atoms with Gasteiger partial charge in [0.15, 0.2) is 0 Å². The highest BCUT2D eigenvalue weighted by atomic mass is 19.1. The van der Waals surface area contributed by atoms with Crippen LogP contribution in [0.2, 0.25) is 0 Å². The van der Waals surface area contributed by atoms with Gasteiger partial charge < -0.3 is 15.6 Å². The number of ether oxygens (including phenoxy) is 1. The van der Waals surface area contributed by atoms with E-state index in [2.05, 4.69) is 0 Å². The fourth-order valence-corrected chi connectivity index (χ4v) is 1.36. The number of methoxy groups -OCH3 is 1. The fraction of sp³-hybridized carbons (Fsp3) is 0.400. The molecule has 1 rings (SSSR count). The van der Waals surface area contributed by atoms with Crippen molar-refractivity contribution in [2.75, 3.05) is 13.7 Å². The zero-order valence-electron chi connectivity index (χ0n) is 8.34. The lowest BCUT2D eigenvalue weighted by Gasteiger charge is -2.14. The molecule has 0 bridgehead atoms. The van der Waals surface area contributed by atoms with Gasteiger partial charge in [-0.2, -0.15) is 0 Å². The van der Waals surface area contributed by atoms with E-state index in [9.17, 15) is 13.9 Å². The smallest absolute Gasteiger partial charge is 0.135 e.